The highest BCUT2D eigenvalue weighted by atomic mass is 32.1. The van der Waals surface area contributed by atoms with Gasteiger partial charge in [0, 0.05) is 40.8 Å². The number of aliphatic hydroxyl groups excluding tert-OH is 1. The minimum absolute atomic E-state index is 0.218. The number of carbonyl (C=O) groups excluding carboxylic acids is 1. The number of hydrogen-bond donors (Lipinski definition) is 2. The molecule has 0 aliphatic heterocycles. The summed E-state index contributed by atoms with van der Waals surface area (Å²) in [6, 6.07) is 12.9. The van der Waals surface area contributed by atoms with Gasteiger partial charge in [0.25, 0.3) is 5.91 Å². The first-order valence-corrected chi connectivity index (χ1v) is 11.2. The Morgan fingerprint density at radius 2 is 1.84 bits per heavy atom. The Kier molecular flexibility index (Phi) is 6.39. The zero-order valence-corrected chi connectivity index (χ0v) is 18.9. The largest absolute Gasteiger partial charge is 0.381 e. The van der Waals surface area contributed by atoms with Crippen molar-refractivity contribution in [2.75, 3.05) is 0 Å². The number of amides is 1. The van der Waals surface area contributed by atoms with Crippen LogP contribution in [0.5, 0.6) is 0 Å². The average molecular weight is 445 g/mol. The van der Waals surface area contributed by atoms with Crippen LogP contribution in [0.3, 0.4) is 0 Å². The quantitative estimate of drug-likeness (QED) is 0.446. The molecule has 1 amide bonds. The molecule has 32 heavy (non-hydrogen) atoms. The highest BCUT2D eigenvalue weighted by Gasteiger charge is 2.19. The molecule has 3 heterocycles. The number of aromatic nitrogens is 3. The van der Waals surface area contributed by atoms with Crippen LogP contribution >= 0.6 is 11.3 Å². The Bertz CT molecular complexity index is 1210. The van der Waals surface area contributed by atoms with Gasteiger partial charge in [-0.2, -0.15) is 0 Å². The molecule has 6 nitrogen and oxygen atoms in total. The van der Waals surface area contributed by atoms with Gasteiger partial charge in [-0.15, -0.1) is 11.3 Å². The van der Waals surface area contributed by atoms with Crippen LogP contribution in [0.25, 0.3) is 11.3 Å². The number of nitrogens with one attached hydrogen (secondary N) is 1. The van der Waals surface area contributed by atoms with Gasteiger partial charge in [-0.3, -0.25) is 14.8 Å². The molecule has 162 valence electrons. The second-order valence-corrected chi connectivity index (χ2v) is 8.69. The van der Waals surface area contributed by atoms with E-state index >= 15 is 0 Å². The van der Waals surface area contributed by atoms with Gasteiger partial charge in [-0.1, -0.05) is 12.1 Å². The van der Waals surface area contributed by atoms with Crippen molar-refractivity contribution in [1.29, 1.82) is 0 Å². The van der Waals surface area contributed by atoms with Gasteiger partial charge in [-0.25, -0.2) is 4.98 Å². The normalized spacial score (nSPS) is 12.9. The van der Waals surface area contributed by atoms with Crippen molar-refractivity contribution in [1.82, 2.24) is 20.3 Å². The summed E-state index contributed by atoms with van der Waals surface area (Å²) < 4.78 is 0. The Balaban J connectivity index is 1.68. The molecule has 0 radical (unpaired) electrons. The number of pyridine rings is 2. The van der Waals surface area contributed by atoms with Gasteiger partial charge in [0.2, 0.25) is 0 Å². The second kappa shape index (κ2) is 9.38. The van der Waals surface area contributed by atoms with Gasteiger partial charge in [0.15, 0.2) is 0 Å². The van der Waals surface area contributed by atoms with Gasteiger partial charge >= 0.3 is 0 Å². The summed E-state index contributed by atoms with van der Waals surface area (Å²) in [4.78, 5) is 26.2. The fourth-order valence-corrected chi connectivity index (χ4v) is 3.99. The summed E-state index contributed by atoms with van der Waals surface area (Å²) in [5.74, 6) is -0.236. The third-order valence-corrected chi connectivity index (χ3v) is 6.04. The molecule has 2 N–H and O–H groups in total. The number of rotatable bonds is 6. The summed E-state index contributed by atoms with van der Waals surface area (Å²) in [7, 11) is 0. The third kappa shape index (κ3) is 4.90. The average Bonchev–Trinajstić information content (AvgIpc) is 3.34. The van der Waals surface area contributed by atoms with Crippen molar-refractivity contribution in [3.05, 3.63) is 99.4 Å². The molecule has 2 unspecified atom stereocenters. The first-order valence-electron chi connectivity index (χ1n) is 10.3. The van der Waals surface area contributed by atoms with Crippen molar-refractivity contribution in [2.45, 2.75) is 32.9 Å². The Morgan fingerprint density at radius 1 is 1.00 bits per heavy atom. The van der Waals surface area contributed by atoms with E-state index in [1.54, 1.807) is 30.7 Å². The lowest BCUT2D eigenvalue weighted by Crippen LogP contribution is -2.27. The molecule has 0 saturated carbocycles. The predicted molar refractivity (Wildman–Crippen MR) is 125 cm³/mol. The molecule has 0 saturated heterocycles. The molecule has 0 aliphatic carbocycles. The topological polar surface area (TPSA) is 88.0 Å². The van der Waals surface area contributed by atoms with E-state index in [-0.39, 0.29) is 11.9 Å². The smallest absolute Gasteiger partial charge is 0.251 e. The SMILES string of the molecule is Cc1ccc(-c2cc(C(=O)NC(C)c3ccc(C)nc3)cc(C(O)c3nccs3)c2)nc1. The van der Waals surface area contributed by atoms with Gasteiger partial charge in [0.1, 0.15) is 11.1 Å². The van der Waals surface area contributed by atoms with Crippen LogP contribution in [0, 0.1) is 13.8 Å². The second-order valence-electron chi connectivity index (χ2n) is 7.77. The molecule has 4 aromatic rings. The number of nitrogens with zero attached hydrogens (tertiary/aromatic N) is 3. The number of carbonyl (C=O) groups is 1. The molecule has 0 bridgehead atoms. The lowest BCUT2D eigenvalue weighted by Gasteiger charge is -2.17. The lowest BCUT2D eigenvalue weighted by atomic mass is 9.99. The van der Waals surface area contributed by atoms with E-state index in [0.29, 0.717) is 16.1 Å². The maximum absolute atomic E-state index is 13.1. The van der Waals surface area contributed by atoms with Crippen LogP contribution in [0.15, 0.2) is 66.4 Å². The predicted octanol–water partition coefficient (Wildman–Crippen LogP) is 4.79. The summed E-state index contributed by atoms with van der Waals surface area (Å²) in [5.41, 5.74) is 5.42. The summed E-state index contributed by atoms with van der Waals surface area (Å²) in [6.45, 7) is 5.81. The van der Waals surface area contributed by atoms with E-state index in [1.165, 1.54) is 11.3 Å². The number of aryl methyl sites for hydroxylation is 2. The molecule has 3 aromatic heterocycles. The minimum atomic E-state index is -0.925. The van der Waals surface area contributed by atoms with E-state index in [4.69, 9.17) is 0 Å². The summed E-state index contributed by atoms with van der Waals surface area (Å²) in [6.07, 6.45) is 4.28. The first-order chi connectivity index (χ1) is 15.4. The first kappa shape index (κ1) is 21.8. The van der Waals surface area contributed by atoms with Gasteiger partial charge < -0.3 is 10.4 Å². The van der Waals surface area contributed by atoms with Crippen LogP contribution < -0.4 is 5.32 Å². The van der Waals surface area contributed by atoms with Crippen LogP contribution in [0.1, 0.15) is 56.8 Å². The van der Waals surface area contributed by atoms with Crippen LogP contribution in [-0.4, -0.2) is 26.0 Å². The molecular weight excluding hydrogens is 420 g/mol. The van der Waals surface area contributed by atoms with E-state index in [1.807, 2.05) is 56.5 Å². The number of benzene rings is 1. The maximum Gasteiger partial charge on any atom is 0.251 e. The molecular formula is C25H24N4O2S. The summed E-state index contributed by atoms with van der Waals surface area (Å²) in [5, 5.41) is 16.3. The molecule has 2 atom stereocenters. The van der Waals surface area contributed by atoms with E-state index < -0.39 is 6.10 Å². The van der Waals surface area contributed by atoms with Crippen molar-refractivity contribution in [3.63, 3.8) is 0 Å². The van der Waals surface area contributed by atoms with E-state index in [2.05, 4.69) is 20.3 Å². The standard InChI is InChI=1S/C25H24N4O2S/c1-15-4-7-22(28-13-15)19-10-20(23(30)25-26-8-9-32-25)12-21(11-19)24(31)29-17(3)18-6-5-16(2)27-14-18/h4-14,17,23,30H,1-3H3,(H,29,31). The highest BCUT2D eigenvalue weighted by Crippen LogP contribution is 2.29. The highest BCUT2D eigenvalue weighted by molar-refractivity contribution is 7.09. The van der Waals surface area contributed by atoms with Crippen LogP contribution in [0.4, 0.5) is 0 Å². The fourth-order valence-electron chi connectivity index (χ4n) is 3.34. The molecule has 0 aliphatic rings. The zero-order valence-electron chi connectivity index (χ0n) is 18.1. The van der Waals surface area contributed by atoms with Crippen molar-refractivity contribution in [2.24, 2.45) is 0 Å². The maximum atomic E-state index is 13.1. The fraction of sp³-hybridized carbons (Fsp3) is 0.200. The van der Waals surface area contributed by atoms with Gasteiger partial charge in [0.05, 0.1) is 11.7 Å². The lowest BCUT2D eigenvalue weighted by molar-refractivity contribution is 0.0939. The zero-order chi connectivity index (χ0) is 22.7. The minimum Gasteiger partial charge on any atom is -0.381 e. The Hall–Kier alpha value is -3.42. The van der Waals surface area contributed by atoms with E-state index in [9.17, 15) is 9.90 Å². The Labute approximate surface area is 191 Å². The number of aliphatic hydroxyl groups is 1. The van der Waals surface area contributed by atoms with Gasteiger partial charge in [-0.05, 0) is 67.8 Å². The molecule has 4 rings (SSSR count). The molecule has 0 spiro atoms. The molecule has 7 heteroatoms. The summed E-state index contributed by atoms with van der Waals surface area (Å²) >= 11 is 1.37. The van der Waals surface area contributed by atoms with Crippen LogP contribution in [-0.2, 0) is 0 Å². The number of hydrogen-bond acceptors (Lipinski definition) is 6. The van der Waals surface area contributed by atoms with E-state index in [0.717, 1.165) is 28.1 Å². The number of thiazole rings is 1. The van der Waals surface area contributed by atoms with Crippen molar-refractivity contribution in [3.8, 4) is 11.3 Å². The molecule has 0 fully saturated rings. The Morgan fingerprint density at radius 3 is 2.50 bits per heavy atom. The monoisotopic (exact) mass is 444 g/mol. The van der Waals surface area contributed by atoms with Crippen molar-refractivity contribution >= 4 is 17.2 Å². The van der Waals surface area contributed by atoms with Crippen molar-refractivity contribution < 1.29 is 9.90 Å². The van der Waals surface area contributed by atoms with Crippen LogP contribution in [0.2, 0.25) is 0 Å². The molecule has 1 aromatic carbocycles. The third-order valence-electron chi connectivity index (χ3n) is 5.21.